The molecule has 364 valence electrons. The number of aliphatic hydroxyl groups is 1. The molecular weight excluding hydrogens is 911 g/mol. The molecule has 1 saturated heterocycles. The van der Waals surface area contributed by atoms with E-state index in [0.29, 0.717) is 70.0 Å². The van der Waals surface area contributed by atoms with Crippen LogP contribution >= 0.6 is 11.3 Å². The Morgan fingerprint density at radius 2 is 1.57 bits per heavy atom. The predicted octanol–water partition coefficient (Wildman–Crippen LogP) is 6.98. The lowest BCUT2D eigenvalue weighted by atomic mass is 10.0. The molecule has 3 atom stereocenters. The second kappa shape index (κ2) is 22.3. The summed E-state index contributed by atoms with van der Waals surface area (Å²) in [4.78, 5) is 62.2. The van der Waals surface area contributed by atoms with Gasteiger partial charge in [-0.2, -0.15) is 0 Å². The zero-order valence-corrected chi connectivity index (χ0v) is 40.3. The number of carbonyl (C=O) groups excluding carboxylic acids is 3. The van der Waals surface area contributed by atoms with E-state index in [0.717, 1.165) is 60.2 Å². The van der Waals surface area contributed by atoms with E-state index in [2.05, 4.69) is 43.5 Å². The average molecular weight is 968 g/mol. The molecule has 0 radical (unpaired) electrons. The Hall–Kier alpha value is -6.76. The Bertz CT molecular complexity index is 2940. The van der Waals surface area contributed by atoms with Crippen molar-refractivity contribution in [1.82, 2.24) is 35.1 Å². The number of β-amino-alcohol motifs (C(OH)–C–C–N with tert-alkyl or cyclic N) is 1. The summed E-state index contributed by atoms with van der Waals surface area (Å²) in [6.45, 7) is 9.01. The quantitative estimate of drug-likeness (QED) is 0.0592. The van der Waals surface area contributed by atoms with Gasteiger partial charge in [-0.05, 0) is 59.9 Å². The van der Waals surface area contributed by atoms with Crippen molar-refractivity contribution >= 4 is 50.9 Å². The van der Waals surface area contributed by atoms with Gasteiger partial charge in [0.15, 0.2) is 0 Å². The number of aromatic nitrogens is 4. The fourth-order valence-electron chi connectivity index (χ4n) is 9.13. The highest BCUT2D eigenvalue weighted by Gasteiger charge is 2.46. The smallest absolute Gasteiger partial charge is 0.255 e. The van der Waals surface area contributed by atoms with Crippen LogP contribution < -0.4 is 14.8 Å². The number of carbonyl (C=O) groups is 3. The number of likely N-dealkylation sites (tertiary alicyclic amines) is 1. The van der Waals surface area contributed by atoms with Crippen LogP contribution in [0, 0.1) is 12.8 Å². The van der Waals surface area contributed by atoms with Gasteiger partial charge in [-0.15, -0.1) is 11.3 Å². The van der Waals surface area contributed by atoms with Crippen LogP contribution in [0.2, 0.25) is 0 Å². The minimum atomic E-state index is -0.908. The molecule has 0 unspecified atom stereocenters. The van der Waals surface area contributed by atoms with E-state index in [1.165, 1.54) is 16.2 Å². The second-order valence-electron chi connectivity index (χ2n) is 17.7. The van der Waals surface area contributed by atoms with Gasteiger partial charge in [0.25, 0.3) is 5.91 Å². The van der Waals surface area contributed by atoms with Crippen LogP contribution in [0.4, 0.5) is 0 Å². The molecule has 0 spiro atoms. The number of amides is 3. The van der Waals surface area contributed by atoms with E-state index in [1.54, 1.807) is 28.9 Å². The predicted molar refractivity (Wildman–Crippen MR) is 265 cm³/mol. The zero-order valence-electron chi connectivity index (χ0n) is 39.5. The summed E-state index contributed by atoms with van der Waals surface area (Å²) in [7, 11) is 0. The van der Waals surface area contributed by atoms with Crippen molar-refractivity contribution in [3.63, 3.8) is 0 Å². The Balaban J connectivity index is 0.692. The zero-order chi connectivity index (χ0) is 48.6. The summed E-state index contributed by atoms with van der Waals surface area (Å²) in [6.07, 6.45) is 4.68. The van der Waals surface area contributed by atoms with Crippen molar-refractivity contribution in [2.45, 2.75) is 58.5 Å². The first kappa shape index (κ1) is 48.3. The third-order valence-corrected chi connectivity index (χ3v) is 13.6. The van der Waals surface area contributed by atoms with Crippen LogP contribution in [0.1, 0.15) is 47.4 Å². The summed E-state index contributed by atoms with van der Waals surface area (Å²) in [5.74, 6) is -0.0887. The Morgan fingerprint density at radius 3 is 2.30 bits per heavy atom. The number of benzene rings is 3. The number of pyridine rings is 2. The molecule has 1 fully saturated rings. The van der Waals surface area contributed by atoms with Crippen molar-refractivity contribution < 1.29 is 43.2 Å². The molecule has 0 bridgehead atoms. The lowest BCUT2D eigenvalue weighted by molar-refractivity contribution is -0.143. The standard InChI is InChI=1S/C53H57N7O9S/c1-33(2)49(60-30-39-6-4-5-7-41(39)52(60)63)53(64)59-31-40(61)26-46(59)51(62)56-28-38-9-8-36(50-34(3)57-32-70-50)25-47(38)68-22-20-66-18-16-65-17-19-67-21-23-69-48-13-11-37(27-55-48)35-10-12-42-43-29-54-15-14-44(43)58-45(42)24-35/h4-15,24-25,27,29,32-33,40,46,49,58,61H,16-23,26,28,30-31H2,1-3H3,(H,56,62)/t40-,46+,49+/m1/s1. The molecular formula is C53H57N7O9S. The third kappa shape index (κ3) is 11.0. The van der Waals surface area contributed by atoms with Crippen molar-refractivity contribution in [1.29, 1.82) is 0 Å². The van der Waals surface area contributed by atoms with E-state index < -0.39 is 24.1 Å². The number of hydrogen-bond donors (Lipinski definition) is 3. The van der Waals surface area contributed by atoms with E-state index in [1.807, 2.05) is 81.6 Å². The lowest BCUT2D eigenvalue weighted by Crippen LogP contribution is -2.55. The lowest BCUT2D eigenvalue weighted by Gasteiger charge is -2.35. The summed E-state index contributed by atoms with van der Waals surface area (Å²) in [5, 5.41) is 16.0. The molecule has 2 aliphatic rings. The number of ether oxygens (including phenoxy) is 5. The summed E-state index contributed by atoms with van der Waals surface area (Å²) < 4.78 is 29.2. The minimum absolute atomic E-state index is 0.00116. The van der Waals surface area contributed by atoms with E-state index in [-0.39, 0.29) is 43.8 Å². The average Bonchev–Trinajstić information content (AvgIpc) is 4.16. The molecule has 9 rings (SSSR count). The molecule has 0 saturated carbocycles. The van der Waals surface area contributed by atoms with Crippen molar-refractivity contribution in [3.8, 4) is 33.2 Å². The minimum Gasteiger partial charge on any atom is -0.491 e. The molecule has 4 aromatic heterocycles. The van der Waals surface area contributed by atoms with Crippen LogP contribution in [0.5, 0.6) is 11.6 Å². The van der Waals surface area contributed by atoms with Crippen LogP contribution in [0.15, 0.2) is 103 Å². The molecule has 0 aliphatic carbocycles. The number of aromatic amines is 1. The highest BCUT2D eigenvalue weighted by molar-refractivity contribution is 7.13. The number of aliphatic hydroxyl groups excluding tert-OH is 1. The number of thiazole rings is 1. The van der Waals surface area contributed by atoms with Gasteiger partial charge in [0, 0.05) is 89.2 Å². The van der Waals surface area contributed by atoms with Crippen molar-refractivity contribution in [3.05, 3.63) is 125 Å². The number of nitrogens with zero attached hydrogens (tertiary/aromatic N) is 5. The molecule has 3 amide bonds. The SMILES string of the molecule is Cc1ncsc1-c1ccc(CNC(=O)[C@@H]2C[C@@H](O)CN2C(=O)[C@H](C(C)C)N2Cc3ccccc3C2=O)c(OCCOCCOCCOCCOc2ccc(-c3ccc4c(c3)[nH]c3ccncc34)cn2)c1. The summed E-state index contributed by atoms with van der Waals surface area (Å²) in [6, 6.07) is 23.6. The van der Waals surface area contributed by atoms with E-state index in [4.69, 9.17) is 23.7 Å². The van der Waals surface area contributed by atoms with Gasteiger partial charge < -0.3 is 48.9 Å². The van der Waals surface area contributed by atoms with Gasteiger partial charge in [-0.25, -0.2) is 9.97 Å². The number of nitrogens with one attached hydrogen (secondary N) is 2. The molecule has 17 heteroatoms. The first-order valence-electron chi connectivity index (χ1n) is 23.6. The Kier molecular flexibility index (Phi) is 15.4. The molecule has 3 N–H and O–H groups in total. The van der Waals surface area contributed by atoms with Gasteiger partial charge in [-0.1, -0.05) is 56.3 Å². The van der Waals surface area contributed by atoms with Gasteiger partial charge in [0.2, 0.25) is 17.7 Å². The summed E-state index contributed by atoms with van der Waals surface area (Å²) in [5.41, 5.74) is 9.95. The normalized spacial score (nSPS) is 16.1. The maximum atomic E-state index is 14.2. The molecule has 6 heterocycles. The second-order valence-corrected chi connectivity index (χ2v) is 18.6. The van der Waals surface area contributed by atoms with Gasteiger partial charge in [0.1, 0.15) is 31.0 Å². The first-order chi connectivity index (χ1) is 34.1. The van der Waals surface area contributed by atoms with Crippen LogP contribution in [0.25, 0.3) is 43.4 Å². The number of rotatable bonds is 22. The highest BCUT2D eigenvalue weighted by atomic mass is 32.1. The van der Waals surface area contributed by atoms with E-state index >= 15 is 0 Å². The van der Waals surface area contributed by atoms with Gasteiger partial charge >= 0.3 is 0 Å². The molecule has 2 aliphatic heterocycles. The van der Waals surface area contributed by atoms with Crippen LogP contribution in [-0.4, -0.2) is 130 Å². The molecule has 7 aromatic rings. The molecule has 16 nitrogen and oxygen atoms in total. The fourth-order valence-corrected chi connectivity index (χ4v) is 9.93. The maximum Gasteiger partial charge on any atom is 0.255 e. The largest absolute Gasteiger partial charge is 0.491 e. The van der Waals surface area contributed by atoms with Gasteiger partial charge in [-0.3, -0.25) is 19.4 Å². The highest BCUT2D eigenvalue weighted by Crippen LogP contribution is 2.34. The monoisotopic (exact) mass is 967 g/mol. The Labute approximate surface area is 409 Å². The van der Waals surface area contributed by atoms with Crippen LogP contribution in [-0.2, 0) is 36.9 Å². The molecule has 70 heavy (non-hydrogen) atoms. The Morgan fingerprint density at radius 1 is 0.829 bits per heavy atom. The topological polar surface area (TPSA) is 191 Å². The van der Waals surface area contributed by atoms with Gasteiger partial charge in [0.05, 0.1) is 61.8 Å². The van der Waals surface area contributed by atoms with Crippen LogP contribution in [0.3, 0.4) is 0 Å². The molecule has 3 aromatic carbocycles. The summed E-state index contributed by atoms with van der Waals surface area (Å²) >= 11 is 1.53. The number of hydrogen-bond acceptors (Lipinski definition) is 13. The number of H-pyrrole nitrogens is 1. The first-order valence-corrected chi connectivity index (χ1v) is 24.5. The van der Waals surface area contributed by atoms with Crippen molar-refractivity contribution in [2.75, 3.05) is 59.4 Å². The van der Waals surface area contributed by atoms with E-state index in [9.17, 15) is 19.5 Å². The number of aryl methyl sites for hydroxylation is 1. The third-order valence-electron chi connectivity index (χ3n) is 12.6. The number of fused-ring (bicyclic) bond motifs is 4. The fraction of sp³-hybridized carbons (Fsp3) is 0.358. The maximum absolute atomic E-state index is 14.2. The van der Waals surface area contributed by atoms with Crippen molar-refractivity contribution in [2.24, 2.45) is 5.92 Å².